The van der Waals surface area contributed by atoms with Crippen molar-refractivity contribution in [2.45, 2.75) is 33.6 Å². The summed E-state index contributed by atoms with van der Waals surface area (Å²) >= 11 is 0. The van der Waals surface area contributed by atoms with Gasteiger partial charge in [0, 0.05) is 19.4 Å². The van der Waals surface area contributed by atoms with E-state index in [1.54, 1.807) is 13.1 Å². The molecule has 0 bridgehead atoms. The fraction of sp³-hybridized carbons (Fsp3) is 0.462. The van der Waals surface area contributed by atoms with E-state index in [0.29, 0.717) is 23.9 Å². The molecule has 2 N–H and O–H groups in total. The zero-order valence-corrected chi connectivity index (χ0v) is 12.5. The average molecular weight is 290 g/mol. The number of aryl methyl sites for hydroxylation is 1. The Hall–Kier alpha value is -2.51. The molecule has 0 spiro atoms. The van der Waals surface area contributed by atoms with Crippen LogP contribution in [0.3, 0.4) is 0 Å². The Morgan fingerprint density at radius 1 is 1.38 bits per heavy atom. The van der Waals surface area contributed by atoms with Gasteiger partial charge in [-0.2, -0.15) is 0 Å². The summed E-state index contributed by atoms with van der Waals surface area (Å²) in [5.41, 5.74) is 0.821. The van der Waals surface area contributed by atoms with Gasteiger partial charge in [0.2, 0.25) is 5.89 Å². The fourth-order valence-corrected chi connectivity index (χ4v) is 1.67. The molecule has 8 nitrogen and oxygen atoms in total. The molecule has 0 aromatic carbocycles. The largest absolute Gasteiger partial charge is 0.408 e. The number of hydrogen-bond acceptors (Lipinski definition) is 7. The second kappa shape index (κ2) is 6.29. The van der Waals surface area contributed by atoms with Gasteiger partial charge in [-0.05, 0) is 6.92 Å². The van der Waals surface area contributed by atoms with Crippen LogP contribution in [0.1, 0.15) is 48.9 Å². The van der Waals surface area contributed by atoms with Gasteiger partial charge in [0.05, 0.1) is 11.9 Å². The molecule has 2 aromatic rings. The number of nitrogens with zero attached hydrogens (tertiary/aromatic N) is 4. The van der Waals surface area contributed by atoms with Gasteiger partial charge in [0.15, 0.2) is 5.69 Å². The zero-order chi connectivity index (χ0) is 15.4. The van der Waals surface area contributed by atoms with Crippen LogP contribution < -0.4 is 10.6 Å². The lowest BCUT2D eigenvalue weighted by Gasteiger charge is -2.11. The number of hydrogen-bond donors (Lipinski definition) is 2. The minimum absolute atomic E-state index is 0.0460. The van der Waals surface area contributed by atoms with Crippen LogP contribution in [0.25, 0.3) is 0 Å². The molecule has 2 aromatic heterocycles. The smallest absolute Gasteiger partial charge is 0.322 e. The first-order chi connectivity index (χ1) is 10.0. The highest BCUT2D eigenvalue weighted by Crippen LogP contribution is 2.17. The number of carbonyl (C=O) groups excluding carboxylic acids is 1. The van der Waals surface area contributed by atoms with Gasteiger partial charge in [0.1, 0.15) is 5.82 Å². The normalized spacial score (nSPS) is 10.7. The summed E-state index contributed by atoms with van der Waals surface area (Å²) in [6, 6.07) is 0.0460. The highest BCUT2D eigenvalue weighted by atomic mass is 16.4. The molecule has 0 saturated heterocycles. The van der Waals surface area contributed by atoms with Crippen LogP contribution >= 0.6 is 0 Å². The first-order valence-corrected chi connectivity index (χ1v) is 6.73. The van der Waals surface area contributed by atoms with Crippen molar-refractivity contribution < 1.29 is 9.21 Å². The molecule has 1 amide bonds. The third-order valence-electron chi connectivity index (χ3n) is 2.65. The molecule has 112 valence electrons. The van der Waals surface area contributed by atoms with E-state index in [1.807, 2.05) is 20.8 Å². The summed E-state index contributed by atoms with van der Waals surface area (Å²) in [5, 5.41) is 13.0. The molecular formula is C13H18N6O2. The van der Waals surface area contributed by atoms with Crippen LogP contribution in [0, 0.1) is 6.92 Å². The maximum absolute atomic E-state index is 12.3. The highest BCUT2D eigenvalue weighted by molar-refractivity contribution is 6.05. The molecule has 0 fully saturated rings. The summed E-state index contributed by atoms with van der Waals surface area (Å²) in [7, 11) is 0. The van der Waals surface area contributed by atoms with E-state index in [-0.39, 0.29) is 17.6 Å². The van der Waals surface area contributed by atoms with Gasteiger partial charge >= 0.3 is 6.01 Å². The maximum Gasteiger partial charge on any atom is 0.322 e. The summed E-state index contributed by atoms with van der Waals surface area (Å²) in [4.78, 5) is 20.9. The Bertz CT molecular complexity index is 637. The standard InChI is InChI=1S/C13H18N6O2/c1-5-14-9-6-15-11(7(2)3)16-10(9)12(20)17-13-19-18-8(4)21-13/h6-7,14H,5H2,1-4H3,(H,17,19,20). The van der Waals surface area contributed by atoms with E-state index >= 15 is 0 Å². The maximum atomic E-state index is 12.3. The van der Waals surface area contributed by atoms with Crippen LogP contribution in [-0.2, 0) is 0 Å². The van der Waals surface area contributed by atoms with Crippen LogP contribution in [0.5, 0.6) is 0 Å². The molecule has 2 heterocycles. The first kappa shape index (κ1) is 14.9. The van der Waals surface area contributed by atoms with E-state index in [4.69, 9.17) is 4.42 Å². The molecule has 2 rings (SSSR count). The summed E-state index contributed by atoms with van der Waals surface area (Å²) in [6.07, 6.45) is 1.61. The summed E-state index contributed by atoms with van der Waals surface area (Å²) in [5.74, 6) is 0.683. The number of anilines is 2. The minimum Gasteiger partial charge on any atom is -0.408 e. The molecule has 0 aliphatic rings. The van der Waals surface area contributed by atoms with Gasteiger partial charge in [-0.25, -0.2) is 9.97 Å². The predicted octanol–water partition coefficient (Wildman–Crippen LogP) is 1.98. The molecule has 21 heavy (non-hydrogen) atoms. The summed E-state index contributed by atoms with van der Waals surface area (Å²) in [6.45, 7) is 8.16. The van der Waals surface area contributed by atoms with E-state index < -0.39 is 5.91 Å². The van der Waals surface area contributed by atoms with E-state index in [1.165, 1.54) is 0 Å². The predicted molar refractivity (Wildman–Crippen MR) is 77.3 cm³/mol. The Kier molecular flexibility index (Phi) is 4.46. The van der Waals surface area contributed by atoms with Crippen molar-refractivity contribution in [3.05, 3.63) is 23.6 Å². The van der Waals surface area contributed by atoms with Crippen molar-refractivity contribution in [2.75, 3.05) is 17.2 Å². The quantitative estimate of drug-likeness (QED) is 0.867. The minimum atomic E-state index is -0.418. The molecular weight excluding hydrogens is 272 g/mol. The number of rotatable bonds is 5. The lowest BCUT2D eigenvalue weighted by Crippen LogP contribution is -2.18. The van der Waals surface area contributed by atoms with Crippen LogP contribution in [-0.4, -0.2) is 32.6 Å². The summed E-state index contributed by atoms with van der Waals surface area (Å²) < 4.78 is 5.14. The van der Waals surface area contributed by atoms with E-state index in [2.05, 4.69) is 30.8 Å². The first-order valence-electron chi connectivity index (χ1n) is 6.73. The van der Waals surface area contributed by atoms with Crippen molar-refractivity contribution in [2.24, 2.45) is 0 Å². The van der Waals surface area contributed by atoms with Gasteiger partial charge in [-0.1, -0.05) is 18.9 Å². The van der Waals surface area contributed by atoms with Crippen molar-refractivity contribution >= 4 is 17.6 Å². The lowest BCUT2D eigenvalue weighted by molar-refractivity contribution is 0.101. The van der Waals surface area contributed by atoms with E-state index in [9.17, 15) is 4.79 Å². The van der Waals surface area contributed by atoms with Gasteiger partial charge in [-0.3, -0.25) is 10.1 Å². The number of carbonyl (C=O) groups is 1. The Balaban J connectivity index is 2.30. The van der Waals surface area contributed by atoms with Gasteiger partial charge < -0.3 is 9.73 Å². The van der Waals surface area contributed by atoms with Crippen molar-refractivity contribution in [3.63, 3.8) is 0 Å². The zero-order valence-electron chi connectivity index (χ0n) is 12.5. The van der Waals surface area contributed by atoms with Crippen molar-refractivity contribution in [3.8, 4) is 0 Å². The number of aromatic nitrogens is 4. The molecule has 0 saturated carbocycles. The third kappa shape index (κ3) is 3.53. The SMILES string of the molecule is CCNc1cnc(C(C)C)nc1C(=O)Nc1nnc(C)o1. The van der Waals surface area contributed by atoms with Crippen molar-refractivity contribution in [1.29, 1.82) is 0 Å². The molecule has 8 heteroatoms. The Labute approximate surface area is 122 Å². The van der Waals surface area contributed by atoms with Gasteiger partial charge in [-0.15, -0.1) is 5.10 Å². The second-order valence-corrected chi connectivity index (χ2v) is 4.76. The van der Waals surface area contributed by atoms with E-state index in [0.717, 1.165) is 0 Å². The van der Waals surface area contributed by atoms with Crippen LogP contribution in [0.15, 0.2) is 10.6 Å². The highest BCUT2D eigenvalue weighted by Gasteiger charge is 2.18. The fourth-order valence-electron chi connectivity index (χ4n) is 1.67. The second-order valence-electron chi connectivity index (χ2n) is 4.76. The molecule has 0 unspecified atom stereocenters. The number of nitrogens with one attached hydrogen (secondary N) is 2. The average Bonchev–Trinajstić information content (AvgIpc) is 2.84. The number of amides is 1. The monoisotopic (exact) mass is 290 g/mol. The van der Waals surface area contributed by atoms with Crippen LogP contribution in [0.4, 0.5) is 11.7 Å². The van der Waals surface area contributed by atoms with Crippen LogP contribution in [0.2, 0.25) is 0 Å². The van der Waals surface area contributed by atoms with Gasteiger partial charge in [0.25, 0.3) is 5.91 Å². The topological polar surface area (TPSA) is 106 Å². The molecule has 0 aliphatic carbocycles. The molecule has 0 atom stereocenters. The molecule has 0 radical (unpaired) electrons. The molecule has 0 aliphatic heterocycles. The lowest BCUT2D eigenvalue weighted by atomic mass is 10.2. The Morgan fingerprint density at radius 2 is 2.14 bits per heavy atom. The third-order valence-corrected chi connectivity index (χ3v) is 2.65. The van der Waals surface area contributed by atoms with Crippen molar-refractivity contribution in [1.82, 2.24) is 20.2 Å². The Morgan fingerprint density at radius 3 is 2.71 bits per heavy atom.